The molecule has 1 aromatic carbocycles. The van der Waals surface area contributed by atoms with Crippen molar-refractivity contribution in [3.8, 4) is 11.5 Å². The van der Waals surface area contributed by atoms with Crippen LogP contribution in [0.15, 0.2) is 12.1 Å². The lowest BCUT2D eigenvalue weighted by atomic mass is 10.0. The van der Waals surface area contributed by atoms with E-state index in [0.717, 1.165) is 5.56 Å². The summed E-state index contributed by atoms with van der Waals surface area (Å²) in [6.45, 7) is 2.21. The highest BCUT2D eigenvalue weighted by atomic mass is 35.5. The molecule has 0 spiro atoms. The fraction of sp³-hybridized carbons (Fsp3) is 0.400. The Bertz CT molecular complexity index is 351. The summed E-state index contributed by atoms with van der Waals surface area (Å²) in [7, 11) is 0. The molecule has 4 heteroatoms. The average molecular weight is 215 g/mol. The molecule has 1 atom stereocenters. The molecule has 3 nitrogen and oxygen atoms in total. The lowest BCUT2D eigenvalue weighted by Crippen LogP contribution is -1.99. The molecule has 1 aliphatic heterocycles. The first kappa shape index (κ1) is 9.62. The molecule has 1 aromatic rings. The fourth-order valence-electron chi connectivity index (χ4n) is 1.41. The molecule has 0 fully saturated rings. The minimum Gasteiger partial charge on any atom is -0.454 e. The van der Waals surface area contributed by atoms with Crippen LogP contribution in [0, 0.1) is 0 Å². The Morgan fingerprint density at radius 3 is 2.71 bits per heavy atom. The minimum absolute atomic E-state index is 0.0111. The SMILES string of the molecule is CC(CO)c1cc2c(cc1Cl)OCO2. The van der Waals surface area contributed by atoms with Gasteiger partial charge in [-0.15, -0.1) is 0 Å². The Labute approximate surface area is 87.2 Å². The normalized spacial score (nSPS) is 15.6. The summed E-state index contributed by atoms with van der Waals surface area (Å²) in [5.74, 6) is 1.38. The number of ether oxygens (including phenoxy) is 2. The highest BCUT2D eigenvalue weighted by Gasteiger charge is 2.18. The predicted molar refractivity (Wildman–Crippen MR) is 53.1 cm³/mol. The number of halogens is 1. The summed E-state index contributed by atoms with van der Waals surface area (Å²) >= 11 is 6.03. The molecule has 14 heavy (non-hydrogen) atoms. The molecule has 1 N–H and O–H groups in total. The molecule has 0 saturated heterocycles. The molecule has 1 heterocycles. The molecule has 0 amide bonds. The number of benzene rings is 1. The van der Waals surface area contributed by atoms with Crippen LogP contribution in [0.25, 0.3) is 0 Å². The zero-order valence-corrected chi connectivity index (χ0v) is 8.54. The Hall–Kier alpha value is -0.930. The molecule has 1 aliphatic rings. The van der Waals surface area contributed by atoms with Crippen LogP contribution in [0.3, 0.4) is 0 Å². The van der Waals surface area contributed by atoms with E-state index in [1.54, 1.807) is 6.07 Å². The topological polar surface area (TPSA) is 38.7 Å². The van der Waals surface area contributed by atoms with Gasteiger partial charge < -0.3 is 14.6 Å². The molecular formula is C10H11ClO3. The minimum atomic E-state index is 0.0111. The summed E-state index contributed by atoms with van der Waals surface area (Å²) in [5, 5.41) is 9.64. The summed E-state index contributed by atoms with van der Waals surface area (Å²) in [6.07, 6.45) is 0. The van der Waals surface area contributed by atoms with E-state index in [4.69, 9.17) is 26.2 Å². The Kier molecular flexibility index (Phi) is 2.52. The molecule has 76 valence electrons. The van der Waals surface area contributed by atoms with Gasteiger partial charge in [-0.05, 0) is 11.6 Å². The highest BCUT2D eigenvalue weighted by molar-refractivity contribution is 6.31. The van der Waals surface area contributed by atoms with E-state index in [1.165, 1.54) is 0 Å². The van der Waals surface area contributed by atoms with Crippen LogP contribution < -0.4 is 9.47 Å². The fourth-order valence-corrected chi connectivity index (χ4v) is 1.75. The van der Waals surface area contributed by atoms with Gasteiger partial charge in [0, 0.05) is 23.6 Å². The van der Waals surface area contributed by atoms with Crippen LogP contribution in [-0.4, -0.2) is 18.5 Å². The number of hydrogen-bond acceptors (Lipinski definition) is 3. The van der Waals surface area contributed by atoms with Gasteiger partial charge >= 0.3 is 0 Å². The van der Waals surface area contributed by atoms with Crippen molar-refractivity contribution in [1.82, 2.24) is 0 Å². The zero-order valence-electron chi connectivity index (χ0n) is 7.79. The Balaban J connectivity index is 2.42. The number of aliphatic hydroxyl groups is 1. The number of fused-ring (bicyclic) bond motifs is 1. The van der Waals surface area contributed by atoms with Gasteiger partial charge in [-0.1, -0.05) is 18.5 Å². The van der Waals surface area contributed by atoms with Crippen molar-refractivity contribution in [1.29, 1.82) is 0 Å². The van der Waals surface area contributed by atoms with Gasteiger partial charge in [0.15, 0.2) is 11.5 Å². The molecule has 2 rings (SSSR count). The Morgan fingerprint density at radius 2 is 2.07 bits per heavy atom. The first-order chi connectivity index (χ1) is 6.72. The second-order valence-electron chi connectivity index (χ2n) is 3.31. The third-order valence-electron chi connectivity index (χ3n) is 2.30. The summed E-state index contributed by atoms with van der Waals surface area (Å²) in [4.78, 5) is 0. The van der Waals surface area contributed by atoms with Crippen molar-refractivity contribution in [2.45, 2.75) is 12.8 Å². The van der Waals surface area contributed by atoms with Crippen LogP contribution in [0.1, 0.15) is 18.4 Å². The third-order valence-corrected chi connectivity index (χ3v) is 2.62. The zero-order chi connectivity index (χ0) is 10.1. The van der Waals surface area contributed by atoms with E-state index in [0.29, 0.717) is 16.5 Å². The maximum Gasteiger partial charge on any atom is 0.231 e. The number of hydrogen-bond donors (Lipinski definition) is 1. The van der Waals surface area contributed by atoms with Gasteiger partial charge in [0.25, 0.3) is 0 Å². The second-order valence-corrected chi connectivity index (χ2v) is 3.72. The van der Waals surface area contributed by atoms with Gasteiger partial charge in [-0.2, -0.15) is 0 Å². The number of aliphatic hydroxyl groups excluding tert-OH is 1. The van der Waals surface area contributed by atoms with E-state index in [2.05, 4.69) is 0 Å². The van der Waals surface area contributed by atoms with Gasteiger partial charge in [0.1, 0.15) is 0 Å². The van der Waals surface area contributed by atoms with E-state index < -0.39 is 0 Å². The third kappa shape index (κ3) is 1.53. The molecule has 1 unspecified atom stereocenters. The van der Waals surface area contributed by atoms with Gasteiger partial charge in [0.2, 0.25) is 6.79 Å². The Morgan fingerprint density at radius 1 is 1.43 bits per heavy atom. The molecular weight excluding hydrogens is 204 g/mol. The monoisotopic (exact) mass is 214 g/mol. The second kappa shape index (κ2) is 3.67. The van der Waals surface area contributed by atoms with Crippen LogP contribution in [-0.2, 0) is 0 Å². The van der Waals surface area contributed by atoms with Gasteiger partial charge in [-0.3, -0.25) is 0 Å². The van der Waals surface area contributed by atoms with Crippen molar-refractivity contribution in [3.05, 3.63) is 22.7 Å². The van der Waals surface area contributed by atoms with Crippen molar-refractivity contribution in [3.63, 3.8) is 0 Å². The first-order valence-corrected chi connectivity index (χ1v) is 4.80. The standard InChI is InChI=1S/C10H11ClO3/c1-6(4-12)7-2-9-10(3-8(7)11)14-5-13-9/h2-3,6,12H,4-5H2,1H3. The van der Waals surface area contributed by atoms with Crippen molar-refractivity contribution >= 4 is 11.6 Å². The molecule has 0 saturated carbocycles. The van der Waals surface area contributed by atoms with Crippen LogP contribution in [0.2, 0.25) is 5.02 Å². The molecule has 0 radical (unpaired) electrons. The van der Waals surface area contributed by atoms with E-state index in [1.807, 2.05) is 13.0 Å². The predicted octanol–water partition coefficient (Wildman–Crippen LogP) is 2.16. The maximum atomic E-state index is 9.03. The van der Waals surface area contributed by atoms with Crippen molar-refractivity contribution in [2.75, 3.05) is 13.4 Å². The van der Waals surface area contributed by atoms with Crippen LogP contribution in [0.5, 0.6) is 11.5 Å². The lowest BCUT2D eigenvalue weighted by Gasteiger charge is -2.11. The summed E-state index contributed by atoms with van der Waals surface area (Å²) in [5.41, 5.74) is 0.887. The number of rotatable bonds is 2. The van der Waals surface area contributed by atoms with E-state index in [9.17, 15) is 0 Å². The first-order valence-electron chi connectivity index (χ1n) is 4.42. The van der Waals surface area contributed by atoms with Gasteiger partial charge in [0.05, 0.1) is 0 Å². The lowest BCUT2D eigenvalue weighted by molar-refractivity contribution is 0.174. The van der Waals surface area contributed by atoms with Gasteiger partial charge in [-0.25, -0.2) is 0 Å². The maximum absolute atomic E-state index is 9.03. The quantitative estimate of drug-likeness (QED) is 0.820. The van der Waals surface area contributed by atoms with E-state index >= 15 is 0 Å². The highest BCUT2D eigenvalue weighted by Crippen LogP contribution is 2.39. The van der Waals surface area contributed by atoms with E-state index in [-0.39, 0.29) is 19.3 Å². The smallest absolute Gasteiger partial charge is 0.231 e. The molecule has 0 aliphatic carbocycles. The van der Waals surface area contributed by atoms with Crippen LogP contribution in [0.4, 0.5) is 0 Å². The average Bonchev–Trinajstić information content (AvgIpc) is 2.62. The largest absolute Gasteiger partial charge is 0.454 e. The summed E-state index contributed by atoms with van der Waals surface area (Å²) in [6, 6.07) is 3.55. The van der Waals surface area contributed by atoms with Crippen LogP contribution >= 0.6 is 11.6 Å². The van der Waals surface area contributed by atoms with Crippen molar-refractivity contribution in [2.24, 2.45) is 0 Å². The van der Waals surface area contributed by atoms with Crippen molar-refractivity contribution < 1.29 is 14.6 Å². The molecule has 0 aromatic heterocycles. The summed E-state index contributed by atoms with van der Waals surface area (Å²) < 4.78 is 10.4. The molecule has 0 bridgehead atoms.